The first-order valence-corrected chi connectivity index (χ1v) is 8.24. The third-order valence-corrected chi connectivity index (χ3v) is 5.36. The predicted molar refractivity (Wildman–Crippen MR) is 83.3 cm³/mol. The second kappa shape index (κ2) is 6.12. The van der Waals surface area contributed by atoms with Crippen LogP contribution in [-0.4, -0.2) is 29.0 Å². The number of carbonyl (C=O) groups excluding carboxylic acids is 1. The largest absolute Gasteiger partial charge is 0.465 e. The van der Waals surface area contributed by atoms with Gasteiger partial charge in [0.15, 0.2) is 6.04 Å². The van der Waals surface area contributed by atoms with E-state index in [1.807, 2.05) is 19.1 Å². The number of rotatable bonds is 3. The van der Waals surface area contributed by atoms with Gasteiger partial charge in [0, 0.05) is 16.2 Å². The molecule has 2 aromatic heterocycles. The summed E-state index contributed by atoms with van der Waals surface area (Å²) in [6.45, 7) is 1.99. The molecule has 1 aliphatic rings. The number of nitrogens with zero attached hydrogens (tertiary/aromatic N) is 2. The maximum Gasteiger partial charge on any atom is 0.410 e. The number of alkyl halides is 3. The van der Waals surface area contributed by atoms with Crippen molar-refractivity contribution >= 4 is 23.1 Å². The zero-order chi connectivity index (χ0) is 17.5. The molecule has 1 N–H and O–H groups in total. The molecule has 0 bridgehead atoms. The lowest BCUT2D eigenvalue weighted by molar-refractivity contribution is -0.173. The lowest BCUT2D eigenvalue weighted by Gasteiger charge is -2.33. The molecular formula is C15H16F3N3O2S. The van der Waals surface area contributed by atoms with Gasteiger partial charge in [-0.25, -0.2) is 9.48 Å². The minimum atomic E-state index is -4.46. The molecule has 0 unspecified atom stereocenters. The number of fused-ring (bicyclic) bond motifs is 1. The highest BCUT2D eigenvalue weighted by Crippen LogP contribution is 2.45. The normalized spacial score (nSPS) is 20.4. The molecule has 130 valence electrons. The number of methoxy groups -OCH3 is 1. The van der Waals surface area contributed by atoms with Gasteiger partial charge < -0.3 is 10.1 Å². The molecule has 1 aliphatic heterocycles. The van der Waals surface area contributed by atoms with E-state index in [2.05, 4.69) is 15.2 Å². The summed E-state index contributed by atoms with van der Waals surface area (Å²) in [5.74, 6) is -0.669. The number of hydrogen-bond acceptors (Lipinski definition) is 5. The first kappa shape index (κ1) is 16.8. The number of halogens is 3. The van der Waals surface area contributed by atoms with E-state index in [1.54, 1.807) is 0 Å². The monoisotopic (exact) mass is 359 g/mol. The number of aromatic nitrogens is 2. The summed E-state index contributed by atoms with van der Waals surface area (Å²) in [5.41, 5.74) is 0.00345. The van der Waals surface area contributed by atoms with Crippen LogP contribution in [0.1, 0.15) is 45.5 Å². The molecule has 0 radical (unpaired) electrons. The fraction of sp³-hybridized carbons (Fsp3) is 0.467. The fourth-order valence-electron chi connectivity index (χ4n) is 2.78. The van der Waals surface area contributed by atoms with Crippen molar-refractivity contribution in [2.75, 3.05) is 12.4 Å². The minimum Gasteiger partial charge on any atom is -0.465 e. The molecule has 0 saturated heterocycles. The van der Waals surface area contributed by atoms with Crippen molar-refractivity contribution in [1.82, 2.24) is 9.78 Å². The summed E-state index contributed by atoms with van der Waals surface area (Å²) in [6, 6.07) is 1.43. The van der Waals surface area contributed by atoms with Gasteiger partial charge in [0.05, 0.1) is 19.3 Å². The molecule has 5 nitrogen and oxygen atoms in total. The zero-order valence-electron chi connectivity index (χ0n) is 13.1. The molecule has 3 rings (SSSR count). The fourth-order valence-corrected chi connectivity index (χ4v) is 3.80. The molecule has 9 heteroatoms. The van der Waals surface area contributed by atoms with Crippen molar-refractivity contribution in [3.05, 3.63) is 33.6 Å². The van der Waals surface area contributed by atoms with Gasteiger partial charge in [-0.1, -0.05) is 6.92 Å². The quantitative estimate of drug-likeness (QED) is 0.843. The van der Waals surface area contributed by atoms with Crippen molar-refractivity contribution in [2.45, 2.75) is 38.0 Å². The van der Waals surface area contributed by atoms with Gasteiger partial charge in [-0.15, -0.1) is 11.3 Å². The Kier molecular flexibility index (Phi) is 4.29. The molecule has 24 heavy (non-hydrogen) atoms. The average molecular weight is 359 g/mol. The number of esters is 1. The minimum absolute atomic E-state index is 0.00345. The summed E-state index contributed by atoms with van der Waals surface area (Å²) in [6.07, 6.45) is -2.70. The van der Waals surface area contributed by atoms with Gasteiger partial charge in [-0.3, -0.25) is 0 Å². The molecule has 0 fully saturated rings. The predicted octanol–water partition coefficient (Wildman–Crippen LogP) is 3.95. The lowest BCUT2D eigenvalue weighted by Crippen LogP contribution is -2.35. The highest BCUT2D eigenvalue weighted by Gasteiger charge is 2.47. The van der Waals surface area contributed by atoms with Gasteiger partial charge in [0.25, 0.3) is 0 Å². The lowest BCUT2D eigenvalue weighted by atomic mass is 10.0. The summed E-state index contributed by atoms with van der Waals surface area (Å²) >= 11 is 1.47. The van der Waals surface area contributed by atoms with E-state index in [4.69, 9.17) is 0 Å². The number of aryl methyl sites for hydroxylation is 1. The van der Waals surface area contributed by atoms with Crippen LogP contribution in [0, 0.1) is 0 Å². The Morgan fingerprint density at radius 3 is 2.83 bits per heavy atom. The number of hydrogen-bond donors (Lipinski definition) is 1. The number of carbonyl (C=O) groups is 1. The Balaban J connectivity index is 2.03. The van der Waals surface area contributed by atoms with Crippen molar-refractivity contribution in [3.8, 4) is 0 Å². The first-order valence-electron chi connectivity index (χ1n) is 7.42. The van der Waals surface area contributed by atoms with Crippen LogP contribution in [0.5, 0.6) is 0 Å². The third-order valence-electron chi connectivity index (χ3n) is 4.02. The molecule has 0 saturated carbocycles. The highest BCUT2D eigenvalue weighted by molar-refractivity contribution is 7.12. The van der Waals surface area contributed by atoms with Crippen LogP contribution in [0.3, 0.4) is 0 Å². The van der Waals surface area contributed by atoms with Crippen LogP contribution >= 0.6 is 11.3 Å². The van der Waals surface area contributed by atoms with Gasteiger partial charge in [-0.05, 0) is 18.6 Å². The van der Waals surface area contributed by atoms with Crippen LogP contribution in [0.2, 0.25) is 0 Å². The topological polar surface area (TPSA) is 56.2 Å². The second-order valence-electron chi connectivity index (χ2n) is 5.49. The summed E-state index contributed by atoms with van der Waals surface area (Å²) in [7, 11) is 1.18. The van der Waals surface area contributed by atoms with Gasteiger partial charge in [-0.2, -0.15) is 18.3 Å². The Morgan fingerprint density at radius 1 is 1.50 bits per heavy atom. The van der Waals surface area contributed by atoms with E-state index in [0.29, 0.717) is 0 Å². The van der Waals surface area contributed by atoms with Crippen LogP contribution in [0.4, 0.5) is 19.0 Å². The molecule has 3 heterocycles. The van der Waals surface area contributed by atoms with Gasteiger partial charge in [0.1, 0.15) is 11.4 Å². The maximum atomic E-state index is 13.5. The van der Waals surface area contributed by atoms with E-state index in [0.717, 1.165) is 27.1 Å². The van der Waals surface area contributed by atoms with Crippen LogP contribution in [-0.2, 0) is 11.2 Å². The van der Waals surface area contributed by atoms with Crippen LogP contribution < -0.4 is 5.32 Å². The Bertz CT molecular complexity index is 753. The molecule has 2 atom stereocenters. The Labute approximate surface area is 140 Å². The summed E-state index contributed by atoms with van der Waals surface area (Å²) in [5, 5.41) is 6.79. The zero-order valence-corrected chi connectivity index (χ0v) is 13.9. The highest BCUT2D eigenvalue weighted by atomic mass is 32.1. The SMILES string of the molecule is CCc1ccc([C@@H]2C[C@@H](C(F)(F)F)n3ncc(C(=O)OC)c3N2)s1. The molecule has 0 aliphatic carbocycles. The van der Waals surface area contributed by atoms with Crippen molar-refractivity contribution in [3.63, 3.8) is 0 Å². The van der Waals surface area contributed by atoms with E-state index in [-0.39, 0.29) is 17.8 Å². The Hall–Kier alpha value is -2.03. The van der Waals surface area contributed by atoms with Gasteiger partial charge in [0.2, 0.25) is 0 Å². The molecule has 0 amide bonds. The molecule has 2 aromatic rings. The molecular weight excluding hydrogens is 343 g/mol. The van der Waals surface area contributed by atoms with Gasteiger partial charge >= 0.3 is 12.1 Å². The van der Waals surface area contributed by atoms with Crippen molar-refractivity contribution < 1.29 is 22.7 Å². The van der Waals surface area contributed by atoms with E-state index >= 15 is 0 Å². The molecule has 0 aromatic carbocycles. The first-order chi connectivity index (χ1) is 11.3. The third kappa shape index (κ3) is 2.88. The van der Waals surface area contributed by atoms with E-state index < -0.39 is 24.2 Å². The number of nitrogens with one attached hydrogen (secondary N) is 1. The summed E-state index contributed by atoms with van der Waals surface area (Å²) in [4.78, 5) is 13.7. The maximum absolute atomic E-state index is 13.5. The van der Waals surface area contributed by atoms with E-state index in [1.165, 1.54) is 18.4 Å². The number of thiophene rings is 1. The summed E-state index contributed by atoms with van der Waals surface area (Å²) < 4.78 is 45.9. The molecule has 0 spiro atoms. The number of anilines is 1. The number of ether oxygens (including phenoxy) is 1. The van der Waals surface area contributed by atoms with Crippen molar-refractivity contribution in [1.29, 1.82) is 0 Å². The standard InChI is InChI=1S/C15H16F3N3O2S/c1-3-8-4-5-11(24-8)10-6-12(15(16,17)18)21-13(20-10)9(7-19-21)14(22)23-2/h4-5,7,10,12,20H,3,6H2,1-2H3/t10-,12-/m0/s1. The Morgan fingerprint density at radius 2 is 2.25 bits per heavy atom. The van der Waals surface area contributed by atoms with Crippen LogP contribution in [0.15, 0.2) is 18.3 Å². The smallest absolute Gasteiger partial charge is 0.410 e. The average Bonchev–Trinajstić information content (AvgIpc) is 3.18. The van der Waals surface area contributed by atoms with Crippen molar-refractivity contribution in [2.24, 2.45) is 0 Å². The van der Waals surface area contributed by atoms with E-state index in [9.17, 15) is 18.0 Å². The van der Waals surface area contributed by atoms with Crippen LogP contribution in [0.25, 0.3) is 0 Å². The second-order valence-corrected chi connectivity index (χ2v) is 6.69.